The summed E-state index contributed by atoms with van der Waals surface area (Å²) in [4.78, 5) is 10.1. The standard InChI is InChI=1S/C9H15N3O/c1-7-4-10-9(11-5-7)12(3)6-8(2)13/h4-5,8,13H,6H2,1-3H3. The van der Waals surface area contributed by atoms with Crippen LogP contribution in [-0.2, 0) is 0 Å². The highest BCUT2D eigenvalue weighted by atomic mass is 16.3. The molecule has 0 spiro atoms. The second-order valence-corrected chi connectivity index (χ2v) is 3.29. The van der Waals surface area contributed by atoms with Crippen LogP contribution < -0.4 is 4.90 Å². The van der Waals surface area contributed by atoms with Gasteiger partial charge in [-0.1, -0.05) is 0 Å². The van der Waals surface area contributed by atoms with Crippen LogP contribution in [0.2, 0.25) is 0 Å². The van der Waals surface area contributed by atoms with Crippen LogP contribution in [0.4, 0.5) is 5.95 Å². The average molecular weight is 181 g/mol. The monoisotopic (exact) mass is 181 g/mol. The van der Waals surface area contributed by atoms with E-state index in [0.717, 1.165) is 5.56 Å². The molecule has 0 aliphatic heterocycles. The summed E-state index contributed by atoms with van der Waals surface area (Å²) in [6, 6.07) is 0. The van der Waals surface area contributed by atoms with Gasteiger partial charge < -0.3 is 10.0 Å². The molecule has 1 rings (SSSR count). The van der Waals surface area contributed by atoms with Crippen molar-refractivity contribution >= 4 is 5.95 Å². The number of hydrogen-bond donors (Lipinski definition) is 1. The highest BCUT2D eigenvalue weighted by molar-refractivity contribution is 5.28. The molecule has 4 heteroatoms. The van der Waals surface area contributed by atoms with E-state index in [0.29, 0.717) is 12.5 Å². The summed E-state index contributed by atoms with van der Waals surface area (Å²) in [5, 5.41) is 9.14. The lowest BCUT2D eigenvalue weighted by molar-refractivity contribution is 0.201. The summed E-state index contributed by atoms with van der Waals surface area (Å²) < 4.78 is 0. The maximum absolute atomic E-state index is 9.14. The molecule has 72 valence electrons. The summed E-state index contributed by atoms with van der Waals surface area (Å²) in [6.45, 7) is 4.23. The quantitative estimate of drug-likeness (QED) is 0.742. The summed E-state index contributed by atoms with van der Waals surface area (Å²) in [6.07, 6.45) is 3.16. The molecule has 0 aliphatic carbocycles. The van der Waals surface area contributed by atoms with Gasteiger partial charge in [0.1, 0.15) is 0 Å². The number of aliphatic hydroxyl groups excluding tert-OH is 1. The highest BCUT2D eigenvalue weighted by Gasteiger charge is 2.05. The number of anilines is 1. The molecule has 0 aromatic carbocycles. The number of aryl methyl sites for hydroxylation is 1. The Labute approximate surface area is 78.2 Å². The normalized spacial score (nSPS) is 12.6. The first kappa shape index (κ1) is 9.92. The van der Waals surface area contributed by atoms with Gasteiger partial charge >= 0.3 is 0 Å². The van der Waals surface area contributed by atoms with Crippen molar-refractivity contribution in [1.29, 1.82) is 0 Å². The first-order chi connectivity index (χ1) is 6.09. The topological polar surface area (TPSA) is 49.2 Å². The number of aromatic nitrogens is 2. The predicted molar refractivity (Wildman–Crippen MR) is 51.7 cm³/mol. The first-order valence-electron chi connectivity index (χ1n) is 4.27. The molecule has 0 saturated carbocycles. The fourth-order valence-electron chi connectivity index (χ4n) is 1.06. The molecule has 0 fully saturated rings. The van der Waals surface area contributed by atoms with E-state index in [4.69, 9.17) is 5.11 Å². The van der Waals surface area contributed by atoms with E-state index in [1.165, 1.54) is 0 Å². The number of hydrogen-bond acceptors (Lipinski definition) is 4. The SMILES string of the molecule is Cc1cnc(N(C)CC(C)O)nc1. The molecule has 1 heterocycles. The third-order valence-electron chi connectivity index (χ3n) is 1.65. The molecule has 0 aliphatic rings. The smallest absolute Gasteiger partial charge is 0.225 e. The minimum atomic E-state index is -0.366. The van der Waals surface area contributed by atoms with Gasteiger partial charge in [0.25, 0.3) is 0 Å². The molecule has 1 aromatic heterocycles. The molecule has 0 bridgehead atoms. The van der Waals surface area contributed by atoms with E-state index < -0.39 is 0 Å². The lowest BCUT2D eigenvalue weighted by Gasteiger charge is -2.18. The van der Waals surface area contributed by atoms with Crippen LogP contribution >= 0.6 is 0 Å². The average Bonchev–Trinajstić information content (AvgIpc) is 2.04. The van der Waals surface area contributed by atoms with Gasteiger partial charge in [0.15, 0.2) is 0 Å². The summed E-state index contributed by atoms with van der Waals surface area (Å²) in [7, 11) is 1.86. The van der Waals surface area contributed by atoms with Gasteiger partial charge in [-0.25, -0.2) is 9.97 Å². The van der Waals surface area contributed by atoms with Crippen LogP contribution in [0.15, 0.2) is 12.4 Å². The van der Waals surface area contributed by atoms with Crippen LogP contribution in [0.5, 0.6) is 0 Å². The molecule has 1 aromatic rings. The van der Waals surface area contributed by atoms with Gasteiger partial charge in [-0.15, -0.1) is 0 Å². The maximum atomic E-state index is 9.14. The Bertz CT molecular complexity index is 258. The largest absolute Gasteiger partial charge is 0.392 e. The van der Waals surface area contributed by atoms with Crippen molar-refractivity contribution in [1.82, 2.24) is 9.97 Å². The molecule has 4 nitrogen and oxygen atoms in total. The fraction of sp³-hybridized carbons (Fsp3) is 0.556. The van der Waals surface area contributed by atoms with E-state index in [2.05, 4.69) is 9.97 Å². The van der Waals surface area contributed by atoms with Gasteiger partial charge in [-0.3, -0.25) is 0 Å². The molecule has 0 saturated heterocycles. The van der Waals surface area contributed by atoms with Crippen LogP contribution in [0.25, 0.3) is 0 Å². The van der Waals surface area contributed by atoms with E-state index in [1.807, 2.05) is 18.9 Å². The number of likely N-dealkylation sites (N-methyl/N-ethyl adjacent to an activating group) is 1. The number of aliphatic hydroxyl groups is 1. The van der Waals surface area contributed by atoms with E-state index in [1.54, 1.807) is 19.3 Å². The van der Waals surface area contributed by atoms with Crippen molar-refractivity contribution in [3.05, 3.63) is 18.0 Å². The zero-order chi connectivity index (χ0) is 9.84. The fourth-order valence-corrected chi connectivity index (χ4v) is 1.06. The Balaban J connectivity index is 2.66. The van der Waals surface area contributed by atoms with Gasteiger partial charge in [0, 0.05) is 26.0 Å². The molecular weight excluding hydrogens is 166 g/mol. The third kappa shape index (κ3) is 2.99. The van der Waals surface area contributed by atoms with E-state index in [9.17, 15) is 0 Å². The molecule has 1 unspecified atom stereocenters. The van der Waals surface area contributed by atoms with Crippen LogP contribution in [0.3, 0.4) is 0 Å². The van der Waals surface area contributed by atoms with Crippen molar-refractivity contribution < 1.29 is 5.11 Å². The molecule has 13 heavy (non-hydrogen) atoms. The zero-order valence-corrected chi connectivity index (χ0v) is 8.23. The predicted octanol–water partition coefficient (Wildman–Crippen LogP) is 0.602. The van der Waals surface area contributed by atoms with E-state index in [-0.39, 0.29) is 6.10 Å². The van der Waals surface area contributed by atoms with Gasteiger partial charge in [-0.05, 0) is 19.4 Å². The third-order valence-corrected chi connectivity index (χ3v) is 1.65. The van der Waals surface area contributed by atoms with E-state index >= 15 is 0 Å². The Morgan fingerprint density at radius 2 is 2.00 bits per heavy atom. The second kappa shape index (κ2) is 4.18. The van der Waals surface area contributed by atoms with Crippen molar-refractivity contribution in [2.24, 2.45) is 0 Å². The minimum Gasteiger partial charge on any atom is -0.392 e. The van der Waals surface area contributed by atoms with Crippen molar-refractivity contribution in [2.45, 2.75) is 20.0 Å². The van der Waals surface area contributed by atoms with Crippen molar-refractivity contribution in [3.8, 4) is 0 Å². The van der Waals surface area contributed by atoms with Gasteiger partial charge in [-0.2, -0.15) is 0 Å². The van der Waals surface area contributed by atoms with Gasteiger partial charge in [0.05, 0.1) is 6.10 Å². The van der Waals surface area contributed by atoms with Crippen LogP contribution in [0, 0.1) is 6.92 Å². The Morgan fingerprint density at radius 3 is 2.46 bits per heavy atom. The molecule has 0 radical (unpaired) electrons. The Morgan fingerprint density at radius 1 is 1.46 bits per heavy atom. The maximum Gasteiger partial charge on any atom is 0.225 e. The lowest BCUT2D eigenvalue weighted by Crippen LogP contribution is -2.28. The first-order valence-corrected chi connectivity index (χ1v) is 4.27. The van der Waals surface area contributed by atoms with Crippen LogP contribution in [0.1, 0.15) is 12.5 Å². The lowest BCUT2D eigenvalue weighted by atomic mass is 10.4. The Kier molecular flexibility index (Phi) is 3.19. The minimum absolute atomic E-state index is 0.366. The number of nitrogens with zero attached hydrogens (tertiary/aromatic N) is 3. The van der Waals surface area contributed by atoms with Gasteiger partial charge in [0.2, 0.25) is 5.95 Å². The summed E-state index contributed by atoms with van der Waals surface area (Å²) >= 11 is 0. The molecule has 0 amide bonds. The number of rotatable bonds is 3. The highest BCUT2D eigenvalue weighted by Crippen LogP contribution is 2.04. The Hall–Kier alpha value is -1.16. The molecular formula is C9H15N3O. The molecule has 1 N–H and O–H groups in total. The van der Waals surface area contributed by atoms with Crippen molar-refractivity contribution in [3.63, 3.8) is 0 Å². The summed E-state index contributed by atoms with van der Waals surface area (Å²) in [5.74, 6) is 0.645. The molecule has 1 atom stereocenters. The second-order valence-electron chi connectivity index (χ2n) is 3.29. The van der Waals surface area contributed by atoms with Crippen LogP contribution in [-0.4, -0.2) is 34.8 Å². The van der Waals surface area contributed by atoms with Crippen molar-refractivity contribution in [2.75, 3.05) is 18.5 Å². The summed E-state index contributed by atoms with van der Waals surface area (Å²) in [5.41, 5.74) is 1.04. The zero-order valence-electron chi connectivity index (χ0n) is 8.23.